The number of aliphatic hydroxyl groups excluding tert-OH is 7. The molecule has 0 aromatic carbocycles. The van der Waals surface area contributed by atoms with Crippen molar-refractivity contribution in [1.29, 1.82) is 0 Å². The zero-order chi connectivity index (χ0) is 33.1. The monoisotopic (exact) mass is 664 g/mol. The predicted molar refractivity (Wildman–Crippen MR) is 110 cm³/mol. The lowest BCUT2D eigenvalue weighted by Crippen LogP contribution is -2.83. The summed E-state index contributed by atoms with van der Waals surface area (Å²) < 4.78 is 172. The van der Waals surface area contributed by atoms with Gasteiger partial charge in [0.15, 0.2) is 12.6 Å². The van der Waals surface area contributed by atoms with Crippen LogP contribution in [0.1, 0.15) is 12.8 Å². The molecule has 0 aromatic rings. The molecule has 7 N–H and O–H groups in total. The van der Waals surface area contributed by atoms with E-state index in [-0.39, 0.29) is 0 Å². The lowest BCUT2D eigenvalue weighted by molar-refractivity contribution is -0.485. The van der Waals surface area contributed by atoms with E-state index in [9.17, 15) is 84.0 Å². The largest absolute Gasteiger partial charge is 0.394 e. The highest BCUT2D eigenvalue weighted by atomic mass is 19.4. The summed E-state index contributed by atoms with van der Waals surface area (Å²) >= 11 is 0. The molecule has 3 aliphatic rings. The molecule has 1 saturated carbocycles. The van der Waals surface area contributed by atoms with E-state index in [1.165, 1.54) is 0 Å². The van der Waals surface area contributed by atoms with Gasteiger partial charge < -0.3 is 54.7 Å². The zero-order valence-electron chi connectivity index (χ0n) is 21.2. The lowest BCUT2D eigenvalue weighted by Gasteiger charge is -2.52. The van der Waals surface area contributed by atoms with Crippen LogP contribution in [0.5, 0.6) is 0 Å². The molecule has 3 fully saturated rings. The lowest BCUT2D eigenvalue weighted by atomic mass is 9.70. The van der Waals surface area contributed by atoms with Crippen molar-refractivity contribution in [2.45, 2.75) is 110 Å². The summed E-state index contributed by atoms with van der Waals surface area (Å²) in [5, 5.41) is 69.2. The van der Waals surface area contributed by atoms with Gasteiger partial charge in [0.05, 0.1) is 13.2 Å². The van der Waals surface area contributed by atoms with Gasteiger partial charge in [-0.05, 0) is 12.8 Å². The fourth-order valence-corrected chi connectivity index (χ4v) is 4.81. The second-order valence-corrected chi connectivity index (χ2v) is 10.2. The fraction of sp³-hybridized carbons (Fsp3) is 1.00. The number of ether oxygens (including phenoxy) is 4. The molecule has 11 nitrogen and oxygen atoms in total. The molecule has 22 heteroatoms. The van der Waals surface area contributed by atoms with Gasteiger partial charge in [0.1, 0.15) is 48.8 Å². The van der Waals surface area contributed by atoms with Gasteiger partial charge in [-0.15, -0.1) is 0 Å². The molecule has 43 heavy (non-hydrogen) atoms. The summed E-state index contributed by atoms with van der Waals surface area (Å²) in [6, 6.07) is 0. The van der Waals surface area contributed by atoms with Gasteiger partial charge in [-0.25, -0.2) is 4.39 Å². The smallest absolute Gasteiger partial charge is 0.384 e. The normalized spacial score (nSPS) is 42.8. The van der Waals surface area contributed by atoms with E-state index < -0.39 is 129 Å². The van der Waals surface area contributed by atoms with E-state index in [0.717, 1.165) is 0 Å². The first-order valence-electron chi connectivity index (χ1n) is 12.3. The third kappa shape index (κ3) is 5.19. The zero-order valence-corrected chi connectivity index (χ0v) is 21.2. The minimum Gasteiger partial charge on any atom is -0.394 e. The second-order valence-electron chi connectivity index (χ2n) is 10.2. The van der Waals surface area contributed by atoms with Crippen molar-refractivity contribution < 1.29 is 103 Å². The van der Waals surface area contributed by atoms with E-state index in [4.69, 9.17) is 18.9 Å². The summed E-state index contributed by atoms with van der Waals surface area (Å²) in [5.74, 6) is -35.9. The number of rotatable bonds is 9. The van der Waals surface area contributed by atoms with Gasteiger partial charge in [0, 0.05) is 6.61 Å². The van der Waals surface area contributed by atoms with E-state index >= 15 is 0 Å². The van der Waals surface area contributed by atoms with Crippen molar-refractivity contribution in [1.82, 2.24) is 0 Å². The third-order valence-corrected chi connectivity index (χ3v) is 7.48. The van der Waals surface area contributed by atoms with Crippen molar-refractivity contribution in [2.24, 2.45) is 0 Å². The highest BCUT2D eigenvalue weighted by molar-refractivity contribution is 5.26. The van der Waals surface area contributed by atoms with E-state index in [2.05, 4.69) is 0 Å². The standard InChI is InChI=1S/C21H27F11O11/c22-16(17(23,24)19(27,28)21(31,32)20(29,30)18(16,25)26)2-1-3-40-14-12(39)10(37)13(7(5-34)42-14)43-15-11(38)9(36)8(35)6(4-33)41-15/h6-15,33-39H,1-5H2/t6-,7-,8-,9+,10-,11-,12-,13-,14-,15-/m1/s1. The Morgan fingerprint density at radius 3 is 1.47 bits per heavy atom. The minimum atomic E-state index is -7.36. The van der Waals surface area contributed by atoms with Gasteiger partial charge in [-0.1, -0.05) is 0 Å². The van der Waals surface area contributed by atoms with Crippen LogP contribution in [0.2, 0.25) is 0 Å². The van der Waals surface area contributed by atoms with Crippen LogP contribution in [-0.4, -0.2) is 152 Å². The van der Waals surface area contributed by atoms with Crippen molar-refractivity contribution in [3.8, 4) is 0 Å². The van der Waals surface area contributed by atoms with Gasteiger partial charge in [0.2, 0.25) is 5.67 Å². The topological polar surface area (TPSA) is 179 Å². The maximum Gasteiger partial charge on any atom is 0.384 e. The summed E-state index contributed by atoms with van der Waals surface area (Å²) in [6.07, 6.45) is -23.7. The van der Waals surface area contributed by atoms with Crippen LogP contribution in [0.4, 0.5) is 48.3 Å². The molecule has 2 saturated heterocycles. The SMILES string of the molecule is OC[C@H]1O[C@H](O[C@H]2[C@H](O)[C@@H](O)[C@H](OCCCC3(F)C(F)(F)C(F)(F)C(F)(F)C(F)(F)C3(F)F)O[C@@H]2CO)[C@H](O)[C@@H](O)[C@@H]1O. The van der Waals surface area contributed by atoms with Crippen molar-refractivity contribution >= 4 is 0 Å². The maximum atomic E-state index is 14.8. The first kappa shape index (κ1) is 36.3. The van der Waals surface area contributed by atoms with Crippen LogP contribution in [0.15, 0.2) is 0 Å². The van der Waals surface area contributed by atoms with Gasteiger partial charge in [-0.3, -0.25) is 0 Å². The number of hydrogen-bond acceptors (Lipinski definition) is 11. The van der Waals surface area contributed by atoms with E-state index in [1.807, 2.05) is 0 Å². The Morgan fingerprint density at radius 2 is 0.977 bits per heavy atom. The molecule has 0 unspecified atom stereocenters. The number of hydrogen-bond donors (Lipinski definition) is 7. The average molecular weight is 664 g/mol. The fourth-order valence-electron chi connectivity index (χ4n) is 4.81. The average Bonchev–Trinajstić information content (AvgIpc) is 2.93. The molecule has 0 amide bonds. The summed E-state index contributed by atoms with van der Waals surface area (Å²) in [4.78, 5) is 0. The van der Waals surface area contributed by atoms with Crippen LogP contribution in [0, 0.1) is 0 Å². The van der Waals surface area contributed by atoms with E-state index in [1.54, 1.807) is 0 Å². The van der Waals surface area contributed by atoms with Gasteiger partial charge in [-0.2, -0.15) is 43.9 Å². The molecule has 2 aliphatic heterocycles. The van der Waals surface area contributed by atoms with Crippen LogP contribution < -0.4 is 0 Å². The predicted octanol–water partition coefficient (Wildman–Crippen LogP) is -0.694. The molecule has 3 rings (SSSR count). The first-order chi connectivity index (χ1) is 19.5. The molecule has 0 bridgehead atoms. The van der Waals surface area contributed by atoms with Crippen LogP contribution in [0.3, 0.4) is 0 Å². The molecule has 254 valence electrons. The molecule has 0 aromatic heterocycles. The molecule has 10 atom stereocenters. The summed E-state index contributed by atoms with van der Waals surface area (Å²) in [6.45, 7) is -3.33. The summed E-state index contributed by atoms with van der Waals surface area (Å²) in [7, 11) is 0. The Hall–Kier alpha value is -1.21. The van der Waals surface area contributed by atoms with Crippen molar-refractivity contribution in [3.63, 3.8) is 0 Å². The van der Waals surface area contributed by atoms with Gasteiger partial charge in [0.25, 0.3) is 0 Å². The highest BCUT2D eigenvalue weighted by Gasteiger charge is 3.00. The Balaban J connectivity index is 1.69. The number of halogens is 11. The van der Waals surface area contributed by atoms with Crippen LogP contribution in [0.25, 0.3) is 0 Å². The van der Waals surface area contributed by atoms with Crippen molar-refractivity contribution in [3.05, 3.63) is 0 Å². The molecular formula is C21H27F11O11. The van der Waals surface area contributed by atoms with Crippen molar-refractivity contribution in [2.75, 3.05) is 19.8 Å². The molecule has 0 spiro atoms. The minimum absolute atomic E-state index is 0.897. The maximum absolute atomic E-state index is 14.8. The first-order valence-corrected chi connectivity index (χ1v) is 12.3. The molecule has 1 aliphatic carbocycles. The Kier molecular flexibility index (Phi) is 10.0. The summed E-state index contributed by atoms with van der Waals surface area (Å²) in [5.41, 5.74) is -6.23. The number of aliphatic hydroxyl groups is 7. The Bertz CT molecular complexity index is 943. The van der Waals surface area contributed by atoms with Gasteiger partial charge >= 0.3 is 29.6 Å². The molecule has 0 radical (unpaired) electrons. The number of alkyl halides is 11. The third-order valence-electron chi connectivity index (χ3n) is 7.48. The van der Waals surface area contributed by atoms with Crippen LogP contribution >= 0.6 is 0 Å². The Labute approximate surface area is 233 Å². The van der Waals surface area contributed by atoms with Crippen LogP contribution in [-0.2, 0) is 18.9 Å². The van der Waals surface area contributed by atoms with E-state index in [0.29, 0.717) is 0 Å². The quantitative estimate of drug-likeness (QED) is 0.123. The second kappa shape index (κ2) is 11.9. The molecular weight excluding hydrogens is 637 g/mol. The highest BCUT2D eigenvalue weighted by Crippen LogP contribution is 2.70. The molecule has 2 heterocycles. The Morgan fingerprint density at radius 1 is 0.535 bits per heavy atom.